The van der Waals surface area contributed by atoms with Gasteiger partial charge in [-0.15, -0.1) is 0 Å². The topological polar surface area (TPSA) is 143 Å². The summed E-state index contributed by atoms with van der Waals surface area (Å²) in [6.45, 7) is 2.60. The Balaban J connectivity index is 1.47. The van der Waals surface area contributed by atoms with Crippen molar-refractivity contribution in [3.8, 4) is 11.5 Å². The van der Waals surface area contributed by atoms with Crippen LogP contribution in [0.1, 0.15) is 56.7 Å². The fourth-order valence-electron chi connectivity index (χ4n) is 5.51. The van der Waals surface area contributed by atoms with Crippen molar-refractivity contribution >= 4 is 29.7 Å². The molecule has 1 amide bonds. The number of methoxy groups -OCH3 is 2. The second-order valence-corrected chi connectivity index (χ2v) is 10.3. The minimum absolute atomic E-state index is 0.106. The summed E-state index contributed by atoms with van der Waals surface area (Å²) in [5.74, 6) is 0.870. The molecule has 0 saturated heterocycles. The predicted octanol–water partition coefficient (Wildman–Crippen LogP) is 4.61. The van der Waals surface area contributed by atoms with Gasteiger partial charge in [0.05, 0.1) is 32.4 Å². The van der Waals surface area contributed by atoms with E-state index >= 15 is 0 Å². The number of nitrogens with zero attached hydrogens (tertiary/aromatic N) is 3. The number of hydrogen-bond donors (Lipinski definition) is 2. The number of anilines is 2. The van der Waals surface area contributed by atoms with E-state index in [1.54, 1.807) is 51.6 Å². The molecule has 0 radical (unpaired) electrons. The van der Waals surface area contributed by atoms with Gasteiger partial charge >= 0.3 is 5.97 Å². The van der Waals surface area contributed by atoms with Crippen LogP contribution in [0.5, 0.6) is 11.5 Å². The zero-order valence-corrected chi connectivity index (χ0v) is 24.9. The second kappa shape index (κ2) is 13.3. The van der Waals surface area contributed by atoms with Gasteiger partial charge in [-0.1, -0.05) is 36.4 Å². The smallest absolute Gasteiger partial charge is 0.338 e. The Bertz CT molecular complexity index is 1700. The van der Waals surface area contributed by atoms with Crippen LogP contribution in [0.15, 0.2) is 72.9 Å². The van der Waals surface area contributed by atoms with Gasteiger partial charge in [-0.3, -0.25) is 4.79 Å². The van der Waals surface area contributed by atoms with Gasteiger partial charge in [0, 0.05) is 36.4 Å². The second-order valence-electron chi connectivity index (χ2n) is 10.3. The Hall–Kier alpha value is -5.38. The van der Waals surface area contributed by atoms with Crippen molar-refractivity contribution in [2.45, 2.75) is 25.8 Å². The zero-order valence-electron chi connectivity index (χ0n) is 24.9. The molecule has 2 heterocycles. The van der Waals surface area contributed by atoms with E-state index < -0.39 is 0 Å². The highest BCUT2D eigenvalue weighted by atomic mass is 16.5. The number of hydrogen-bond acceptors (Lipinski definition) is 9. The molecule has 1 aromatic heterocycles. The lowest BCUT2D eigenvalue weighted by atomic mass is 9.87. The van der Waals surface area contributed by atoms with Gasteiger partial charge in [0.15, 0.2) is 11.5 Å². The van der Waals surface area contributed by atoms with E-state index in [4.69, 9.17) is 25.7 Å². The van der Waals surface area contributed by atoms with Crippen LogP contribution in [-0.4, -0.2) is 54.1 Å². The first-order valence-corrected chi connectivity index (χ1v) is 14.3. The molecule has 3 aromatic carbocycles. The Morgan fingerprint density at radius 1 is 1.05 bits per heavy atom. The van der Waals surface area contributed by atoms with Gasteiger partial charge in [0.1, 0.15) is 5.82 Å². The number of aromatic nitrogens is 2. The number of benzene rings is 3. The molecule has 1 aliphatic heterocycles. The maximum Gasteiger partial charge on any atom is 0.338 e. The van der Waals surface area contributed by atoms with Gasteiger partial charge in [-0.2, -0.15) is 4.98 Å². The third-order valence-electron chi connectivity index (χ3n) is 7.59. The Labute approximate surface area is 256 Å². The van der Waals surface area contributed by atoms with Crippen LogP contribution >= 0.6 is 0 Å². The quantitative estimate of drug-likeness (QED) is 0.210. The van der Waals surface area contributed by atoms with E-state index in [2.05, 4.69) is 16.0 Å². The molecule has 4 N–H and O–H groups in total. The molecule has 0 aliphatic carbocycles. The maximum absolute atomic E-state index is 13.9. The SMILES string of the molecule is CCOC(=O)c1ccc(C2c3ccccc3CCN2C(=O)/C=C/c2cc(Cc3cnc(N)nc3N)cc(OC)c2OC)cc1. The average molecular weight is 594 g/mol. The number of esters is 1. The standard InChI is InChI=1S/C34H35N5O5/c1-4-44-33(41)24-11-9-23(10-12-24)30-27-8-6-5-7-22(27)15-16-39(30)29(40)14-13-25-17-21(19-28(42-2)31(25)43-3)18-26-20-37-34(36)38-32(26)35/h5-14,17,19-20,30H,4,15-16,18H2,1-3H3,(H4,35,36,37,38)/b14-13+. The van der Waals surface area contributed by atoms with Crippen molar-refractivity contribution in [1.82, 2.24) is 14.9 Å². The molecular weight excluding hydrogens is 558 g/mol. The molecule has 0 bridgehead atoms. The molecule has 0 saturated carbocycles. The first kappa shape index (κ1) is 30.1. The van der Waals surface area contributed by atoms with Crippen molar-refractivity contribution in [3.05, 3.63) is 112 Å². The maximum atomic E-state index is 13.9. The summed E-state index contributed by atoms with van der Waals surface area (Å²) in [6.07, 6.45) is 6.03. The van der Waals surface area contributed by atoms with Crippen LogP contribution < -0.4 is 20.9 Å². The molecule has 226 valence electrons. The van der Waals surface area contributed by atoms with Gasteiger partial charge in [0.25, 0.3) is 0 Å². The predicted molar refractivity (Wildman–Crippen MR) is 168 cm³/mol. The molecular formula is C34H35N5O5. The van der Waals surface area contributed by atoms with E-state index in [1.165, 1.54) is 5.56 Å². The summed E-state index contributed by atoms with van der Waals surface area (Å²) in [7, 11) is 3.12. The number of ether oxygens (including phenoxy) is 3. The molecule has 4 aromatic rings. The van der Waals surface area contributed by atoms with Crippen molar-refractivity contribution in [3.63, 3.8) is 0 Å². The first-order valence-electron chi connectivity index (χ1n) is 14.3. The van der Waals surface area contributed by atoms with Crippen LogP contribution in [0, 0.1) is 0 Å². The molecule has 1 aliphatic rings. The highest BCUT2D eigenvalue weighted by Gasteiger charge is 2.31. The summed E-state index contributed by atoms with van der Waals surface area (Å²) in [5, 5.41) is 0. The van der Waals surface area contributed by atoms with Crippen LogP contribution in [-0.2, 0) is 22.4 Å². The van der Waals surface area contributed by atoms with Crippen molar-refractivity contribution in [1.29, 1.82) is 0 Å². The lowest BCUT2D eigenvalue weighted by molar-refractivity contribution is -0.127. The molecule has 10 heteroatoms. The third-order valence-corrected chi connectivity index (χ3v) is 7.59. The Kier molecular flexibility index (Phi) is 9.09. The van der Waals surface area contributed by atoms with Gasteiger partial charge < -0.3 is 30.6 Å². The highest BCUT2D eigenvalue weighted by Crippen LogP contribution is 2.37. The minimum atomic E-state index is -0.378. The number of amides is 1. The van der Waals surface area contributed by atoms with Crippen LogP contribution in [0.25, 0.3) is 6.08 Å². The lowest BCUT2D eigenvalue weighted by Crippen LogP contribution is -2.39. The Morgan fingerprint density at radius 3 is 2.52 bits per heavy atom. The number of fused-ring (bicyclic) bond motifs is 1. The normalized spacial score (nSPS) is 14.2. The fourth-order valence-corrected chi connectivity index (χ4v) is 5.51. The number of rotatable bonds is 9. The van der Waals surface area contributed by atoms with E-state index in [0.717, 1.165) is 23.1 Å². The highest BCUT2D eigenvalue weighted by molar-refractivity contribution is 5.93. The van der Waals surface area contributed by atoms with Crippen molar-refractivity contribution < 1.29 is 23.8 Å². The Morgan fingerprint density at radius 2 is 1.82 bits per heavy atom. The minimum Gasteiger partial charge on any atom is -0.493 e. The lowest BCUT2D eigenvalue weighted by Gasteiger charge is -2.37. The van der Waals surface area contributed by atoms with E-state index in [-0.39, 0.29) is 23.9 Å². The summed E-state index contributed by atoms with van der Waals surface area (Å²) in [6, 6.07) is 18.8. The molecule has 0 fully saturated rings. The van der Waals surface area contributed by atoms with E-state index in [1.807, 2.05) is 47.4 Å². The molecule has 44 heavy (non-hydrogen) atoms. The number of nitrogen functional groups attached to an aromatic ring is 2. The van der Waals surface area contributed by atoms with Crippen LogP contribution in [0.2, 0.25) is 0 Å². The van der Waals surface area contributed by atoms with Gasteiger partial charge in [-0.05, 0) is 65.9 Å². The monoisotopic (exact) mass is 593 g/mol. The molecule has 1 unspecified atom stereocenters. The van der Waals surface area contributed by atoms with Gasteiger partial charge in [0.2, 0.25) is 11.9 Å². The number of carbonyl (C=O) groups is 2. The average Bonchev–Trinajstić information content (AvgIpc) is 3.04. The van der Waals surface area contributed by atoms with Crippen molar-refractivity contribution in [2.75, 3.05) is 38.8 Å². The number of nitrogens with two attached hydrogens (primary N) is 2. The molecule has 10 nitrogen and oxygen atoms in total. The molecule has 5 rings (SSSR count). The number of carbonyl (C=O) groups excluding carboxylic acids is 2. The first-order chi connectivity index (χ1) is 21.3. The summed E-state index contributed by atoms with van der Waals surface area (Å²) >= 11 is 0. The largest absolute Gasteiger partial charge is 0.493 e. The van der Waals surface area contributed by atoms with Crippen molar-refractivity contribution in [2.24, 2.45) is 0 Å². The summed E-state index contributed by atoms with van der Waals surface area (Å²) in [4.78, 5) is 36.1. The van der Waals surface area contributed by atoms with Crippen LogP contribution in [0.3, 0.4) is 0 Å². The van der Waals surface area contributed by atoms with Crippen LogP contribution in [0.4, 0.5) is 11.8 Å². The van der Waals surface area contributed by atoms with E-state index in [9.17, 15) is 9.59 Å². The van der Waals surface area contributed by atoms with E-state index in [0.29, 0.717) is 53.6 Å². The molecule has 1 atom stereocenters. The zero-order chi connectivity index (χ0) is 31.2. The van der Waals surface area contributed by atoms with Gasteiger partial charge in [-0.25, -0.2) is 9.78 Å². The summed E-state index contributed by atoms with van der Waals surface area (Å²) in [5.41, 5.74) is 17.6. The molecule has 0 spiro atoms. The fraction of sp³-hybridized carbons (Fsp3) is 0.235. The third kappa shape index (κ3) is 6.34. The summed E-state index contributed by atoms with van der Waals surface area (Å²) < 4.78 is 16.4.